The second-order valence-corrected chi connectivity index (χ2v) is 3.43. The fourth-order valence-electron chi connectivity index (χ4n) is 1.45. The second kappa shape index (κ2) is 5.21. The van der Waals surface area contributed by atoms with Gasteiger partial charge in [0, 0.05) is 6.04 Å². The number of ether oxygens (including phenoxy) is 1. The number of nitrogens with one attached hydrogen (secondary N) is 1. The van der Waals surface area contributed by atoms with E-state index in [9.17, 15) is 13.2 Å². The van der Waals surface area contributed by atoms with Crippen molar-refractivity contribution in [1.82, 2.24) is 5.32 Å². The van der Waals surface area contributed by atoms with E-state index in [0.29, 0.717) is 11.3 Å². The summed E-state index contributed by atoms with van der Waals surface area (Å²) < 4.78 is 41.7. The van der Waals surface area contributed by atoms with E-state index in [1.165, 1.54) is 14.2 Å². The highest BCUT2D eigenvalue weighted by atomic mass is 19.4. The summed E-state index contributed by atoms with van der Waals surface area (Å²) in [6, 6.07) is 5.84. The topological polar surface area (TPSA) is 21.3 Å². The number of alkyl halides is 3. The van der Waals surface area contributed by atoms with Gasteiger partial charge in [0.1, 0.15) is 5.75 Å². The summed E-state index contributed by atoms with van der Waals surface area (Å²) in [6.07, 6.45) is -5.05. The minimum atomic E-state index is -4.17. The minimum absolute atomic E-state index is 0.598. The molecule has 0 fully saturated rings. The second-order valence-electron chi connectivity index (χ2n) is 3.43. The molecular weight excluding hydrogens is 219 g/mol. The third kappa shape index (κ3) is 3.73. The zero-order chi connectivity index (χ0) is 12.2. The summed E-state index contributed by atoms with van der Waals surface area (Å²) in [7, 11) is 3.03. The van der Waals surface area contributed by atoms with Gasteiger partial charge in [-0.2, -0.15) is 13.2 Å². The van der Waals surface area contributed by atoms with Gasteiger partial charge < -0.3 is 10.1 Å². The monoisotopic (exact) mass is 233 g/mol. The molecule has 0 saturated heterocycles. The van der Waals surface area contributed by atoms with Crippen LogP contribution < -0.4 is 10.1 Å². The first-order chi connectivity index (χ1) is 7.46. The Morgan fingerprint density at radius 3 is 2.19 bits per heavy atom. The molecule has 0 heterocycles. The first-order valence-electron chi connectivity index (χ1n) is 4.84. The van der Waals surface area contributed by atoms with E-state index < -0.39 is 18.6 Å². The van der Waals surface area contributed by atoms with E-state index in [1.807, 2.05) is 0 Å². The average Bonchev–Trinajstić information content (AvgIpc) is 2.25. The quantitative estimate of drug-likeness (QED) is 0.863. The summed E-state index contributed by atoms with van der Waals surface area (Å²) in [6.45, 7) is 0. The Morgan fingerprint density at radius 2 is 1.81 bits per heavy atom. The van der Waals surface area contributed by atoms with Crippen LogP contribution in [0.25, 0.3) is 0 Å². The van der Waals surface area contributed by atoms with Crippen LogP contribution >= 0.6 is 0 Å². The maximum absolute atomic E-state index is 12.3. The Hall–Kier alpha value is -1.23. The lowest BCUT2D eigenvalue weighted by Gasteiger charge is -2.18. The van der Waals surface area contributed by atoms with E-state index >= 15 is 0 Å². The number of hydrogen-bond donors (Lipinski definition) is 1. The van der Waals surface area contributed by atoms with Crippen molar-refractivity contribution in [2.75, 3.05) is 14.2 Å². The molecule has 0 radical (unpaired) electrons. The van der Waals surface area contributed by atoms with E-state index in [4.69, 9.17) is 4.74 Å². The highest BCUT2D eigenvalue weighted by molar-refractivity contribution is 5.29. The van der Waals surface area contributed by atoms with Crippen LogP contribution in [0.3, 0.4) is 0 Å². The van der Waals surface area contributed by atoms with Crippen LogP contribution in [-0.2, 0) is 0 Å². The summed E-state index contributed by atoms with van der Waals surface area (Å²) in [5.74, 6) is 0.630. The molecule has 1 aromatic rings. The number of benzene rings is 1. The molecule has 1 unspecified atom stereocenters. The lowest BCUT2D eigenvalue weighted by Crippen LogP contribution is -2.23. The highest BCUT2D eigenvalue weighted by Crippen LogP contribution is 2.29. The van der Waals surface area contributed by atoms with Crippen molar-refractivity contribution in [3.63, 3.8) is 0 Å². The maximum Gasteiger partial charge on any atom is 0.390 e. The summed E-state index contributed by atoms with van der Waals surface area (Å²) in [4.78, 5) is 0. The Kier molecular flexibility index (Phi) is 4.18. The molecule has 2 nitrogen and oxygen atoms in total. The van der Waals surface area contributed by atoms with Crippen molar-refractivity contribution in [1.29, 1.82) is 0 Å². The number of halogens is 3. The van der Waals surface area contributed by atoms with Gasteiger partial charge in [-0.25, -0.2) is 0 Å². The fraction of sp³-hybridized carbons (Fsp3) is 0.455. The molecule has 16 heavy (non-hydrogen) atoms. The molecular formula is C11H14F3NO. The van der Waals surface area contributed by atoms with Gasteiger partial charge in [-0.05, 0) is 24.7 Å². The van der Waals surface area contributed by atoms with Crippen LogP contribution in [0.1, 0.15) is 18.0 Å². The molecule has 0 aliphatic rings. The molecule has 0 aliphatic heterocycles. The van der Waals surface area contributed by atoms with Crippen LogP contribution in [0, 0.1) is 0 Å². The zero-order valence-corrected chi connectivity index (χ0v) is 9.14. The third-order valence-electron chi connectivity index (χ3n) is 2.30. The van der Waals surface area contributed by atoms with Gasteiger partial charge in [0.25, 0.3) is 0 Å². The van der Waals surface area contributed by atoms with Crippen molar-refractivity contribution >= 4 is 0 Å². The lowest BCUT2D eigenvalue weighted by atomic mass is 10.0. The van der Waals surface area contributed by atoms with Gasteiger partial charge in [0.15, 0.2) is 0 Å². The van der Waals surface area contributed by atoms with Crippen molar-refractivity contribution < 1.29 is 17.9 Å². The van der Waals surface area contributed by atoms with E-state index in [0.717, 1.165) is 0 Å². The van der Waals surface area contributed by atoms with Crippen LogP contribution in [-0.4, -0.2) is 20.3 Å². The first kappa shape index (κ1) is 12.8. The van der Waals surface area contributed by atoms with E-state index in [2.05, 4.69) is 5.32 Å². The van der Waals surface area contributed by atoms with E-state index in [1.54, 1.807) is 24.3 Å². The molecule has 0 bridgehead atoms. The number of rotatable bonds is 4. The van der Waals surface area contributed by atoms with Gasteiger partial charge in [0.2, 0.25) is 0 Å². The van der Waals surface area contributed by atoms with Crippen LogP contribution in [0.2, 0.25) is 0 Å². The molecule has 5 heteroatoms. The maximum atomic E-state index is 12.3. The van der Waals surface area contributed by atoms with Gasteiger partial charge in [-0.1, -0.05) is 12.1 Å². The van der Waals surface area contributed by atoms with Crippen molar-refractivity contribution in [2.45, 2.75) is 18.6 Å². The van der Waals surface area contributed by atoms with Gasteiger partial charge in [-0.3, -0.25) is 0 Å². The average molecular weight is 233 g/mol. The molecule has 1 atom stereocenters. The molecule has 0 aromatic heterocycles. The third-order valence-corrected chi connectivity index (χ3v) is 2.30. The lowest BCUT2D eigenvalue weighted by molar-refractivity contribution is -0.140. The van der Waals surface area contributed by atoms with Crippen molar-refractivity contribution in [3.8, 4) is 5.75 Å². The Balaban J connectivity index is 2.79. The number of methoxy groups -OCH3 is 1. The Bertz CT molecular complexity index is 321. The molecule has 1 N–H and O–H groups in total. The normalized spacial score (nSPS) is 13.6. The molecule has 0 saturated carbocycles. The highest BCUT2D eigenvalue weighted by Gasteiger charge is 2.31. The largest absolute Gasteiger partial charge is 0.497 e. The molecule has 0 aliphatic carbocycles. The molecule has 90 valence electrons. The Labute approximate surface area is 92.4 Å². The SMILES string of the molecule is CNC(CC(F)(F)F)c1ccc(OC)cc1. The van der Waals surface area contributed by atoms with Crippen LogP contribution in [0.15, 0.2) is 24.3 Å². The smallest absolute Gasteiger partial charge is 0.390 e. The number of hydrogen-bond acceptors (Lipinski definition) is 2. The van der Waals surface area contributed by atoms with Gasteiger partial charge in [-0.15, -0.1) is 0 Å². The van der Waals surface area contributed by atoms with Crippen LogP contribution in [0.5, 0.6) is 5.75 Å². The minimum Gasteiger partial charge on any atom is -0.497 e. The fourth-order valence-corrected chi connectivity index (χ4v) is 1.45. The van der Waals surface area contributed by atoms with Crippen LogP contribution in [0.4, 0.5) is 13.2 Å². The summed E-state index contributed by atoms with van der Waals surface area (Å²) >= 11 is 0. The molecule has 1 rings (SSSR count). The van der Waals surface area contributed by atoms with Gasteiger partial charge in [0.05, 0.1) is 13.5 Å². The summed E-state index contributed by atoms with van der Waals surface area (Å²) in [5.41, 5.74) is 0.598. The van der Waals surface area contributed by atoms with Crippen molar-refractivity contribution in [2.24, 2.45) is 0 Å². The predicted molar refractivity (Wildman–Crippen MR) is 55.5 cm³/mol. The van der Waals surface area contributed by atoms with Gasteiger partial charge >= 0.3 is 6.18 Å². The molecule has 0 amide bonds. The molecule has 0 spiro atoms. The first-order valence-corrected chi connectivity index (χ1v) is 4.84. The van der Waals surface area contributed by atoms with E-state index in [-0.39, 0.29) is 0 Å². The molecule has 1 aromatic carbocycles. The zero-order valence-electron chi connectivity index (χ0n) is 9.14. The standard InChI is InChI=1S/C11H14F3NO/c1-15-10(7-11(12,13)14)8-3-5-9(16-2)6-4-8/h3-6,10,15H,7H2,1-2H3. The summed E-state index contributed by atoms with van der Waals surface area (Å²) in [5, 5.41) is 2.65. The predicted octanol–water partition coefficient (Wildman–Crippen LogP) is 2.91. The Morgan fingerprint density at radius 1 is 1.25 bits per heavy atom. The van der Waals surface area contributed by atoms with Crippen molar-refractivity contribution in [3.05, 3.63) is 29.8 Å².